The van der Waals surface area contributed by atoms with E-state index in [0.717, 1.165) is 0 Å². The highest BCUT2D eigenvalue weighted by Gasteiger charge is 2.52. The molecule has 0 amide bonds. The summed E-state index contributed by atoms with van der Waals surface area (Å²) in [6.07, 6.45) is 0. The summed E-state index contributed by atoms with van der Waals surface area (Å²) in [5.41, 5.74) is 18.5. The van der Waals surface area contributed by atoms with E-state index in [-0.39, 0.29) is 5.41 Å². The molecule has 1 spiro atoms. The molecule has 13 rings (SSSR count). The standard InChI is InChI=1S/C53H30/c1-2-15-33-31(13-1)27-43(35-17-4-3-16-34(33)35)36-21-11-14-32-28-44-39-22-12-23-41-51(39)46(45(44)29-42(32)36)30-50-52(41)40-20-7-10-26-49(40)53(50)47-24-8-5-18-37(47)38-19-6-9-25-48(38)53/h1-30H. The summed E-state index contributed by atoms with van der Waals surface area (Å²) in [5.74, 6) is 0. The van der Waals surface area contributed by atoms with Gasteiger partial charge in [0.15, 0.2) is 0 Å². The van der Waals surface area contributed by atoms with Crippen molar-refractivity contribution in [2.45, 2.75) is 5.41 Å². The lowest BCUT2D eigenvalue weighted by Crippen LogP contribution is -2.25. The Hall–Kier alpha value is -6.76. The van der Waals surface area contributed by atoms with Crippen LogP contribution in [-0.2, 0) is 5.41 Å². The van der Waals surface area contributed by atoms with Crippen LogP contribution in [0.4, 0.5) is 0 Å². The Labute approximate surface area is 307 Å². The van der Waals surface area contributed by atoms with Gasteiger partial charge in [0.1, 0.15) is 0 Å². The monoisotopic (exact) mass is 666 g/mol. The van der Waals surface area contributed by atoms with Gasteiger partial charge >= 0.3 is 0 Å². The summed E-state index contributed by atoms with van der Waals surface area (Å²) < 4.78 is 0. The van der Waals surface area contributed by atoms with Crippen molar-refractivity contribution >= 4 is 43.1 Å². The Kier molecular flexibility index (Phi) is 5.14. The van der Waals surface area contributed by atoms with Crippen molar-refractivity contribution in [1.29, 1.82) is 0 Å². The van der Waals surface area contributed by atoms with Gasteiger partial charge in [-0.3, -0.25) is 0 Å². The van der Waals surface area contributed by atoms with Crippen molar-refractivity contribution in [3.05, 3.63) is 204 Å². The topological polar surface area (TPSA) is 0 Å². The summed E-state index contributed by atoms with van der Waals surface area (Å²) in [6.45, 7) is 0. The minimum atomic E-state index is -0.380. The molecular formula is C53H30. The van der Waals surface area contributed by atoms with E-state index in [9.17, 15) is 0 Å². The van der Waals surface area contributed by atoms with Crippen molar-refractivity contribution in [2.75, 3.05) is 0 Å². The molecule has 53 heavy (non-hydrogen) atoms. The molecule has 0 heteroatoms. The highest BCUT2D eigenvalue weighted by atomic mass is 14.5. The van der Waals surface area contributed by atoms with E-state index in [1.54, 1.807) is 0 Å². The van der Waals surface area contributed by atoms with Crippen LogP contribution in [0.2, 0.25) is 0 Å². The lowest BCUT2D eigenvalue weighted by Gasteiger charge is -2.30. The maximum Gasteiger partial charge on any atom is 0.0725 e. The van der Waals surface area contributed by atoms with Crippen LogP contribution < -0.4 is 0 Å². The van der Waals surface area contributed by atoms with Crippen molar-refractivity contribution in [3.8, 4) is 55.6 Å². The highest BCUT2D eigenvalue weighted by molar-refractivity contribution is 6.24. The van der Waals surface area contributed by atoms with Crippen molar-refractivity contribution in [3.63, 3.8) is 0 Å². The van der Waals surface area contributed by atoms with Gasteiger partial charge in [0.05, 0.1) is 5.41 Å². The van der Waals surface area contributed by atoms with Crippen LogP contribution in [0.15, 0.2) is 182 Å². The fourth-order valence-electron chi connectivity index (χ4n) is 10.8. The molecule has 3 aliphatic carbocycles. The predicted molar refractivity (Wildman–Crippen MR) is 223 cm³/mol. The lowest BCUT2D eigenvalue weighted by atomic mass is 9.70. The summed E-state index contributed by atoms with van der Waals surface area (Å²) in [7, 11) is 0. The molecule has 0 bridgehead atoms. The molecular weight excluding hydrogens is 637 g/mol. The molecule has 0 N–H and O–H groups in total. The third-order valence-electron chi connectivity index (χ3n) is 12.8. The van der Waals surface area contributed by atoms with E-state index < -0.39 is 0 Å². The van der Waals surface area contributed by atoms with E-state index in [2.05, 4.69) is 182 Å². The number of rotatable bonds is 1. The molecule has 0 saturated heterocycles. The smallest absolute Gasteiger partial charge is 0.0619 e. The molecule has 10 aromatic rings. The van der Waals surface area contributed by atoms with Gasteiger partial charge in [0.2, 0.25) is 0 Å². The zero-order valence-corrected chi connectivity index (χ0v) is 28.8. The quantitative estimate of drug-likeness (QED) is 0.153. The Morgan fingerprint density at radius 3 is 1.55 bits per heavy atom. The first-order valence-corrected chi connectivity index (χ1v) is 18.7. The third-order valence-corrected chi connectivity index (χ3v) is 12.8. The second kappa shape index (κ2) is 9.76. The van der Waals surface area contributed by atoms with Crippen LogP contribution in [0.25, 0.3) is 98.7 Å². The average Bonchev–Trinajstić information content (AvgIpc) is 3.82. The van der Waals surface area contributed by atoms with Gasteiger partial charge in [-0.1, -0.05) is 158 Å². The van der Waals surface area contributed by atoms with Gasteiger partial charge in [-0.25, -0.2) is 0 Å². The zero-order chi connectivity index (χ0) is 34.4. The molecule has 0 radical (unpaired) electrons. The average molecular weight is 667 g/mol. The van der Waals surface area contributed by atoms with Crippen LogP contribution in [0.1, 0.15) is 22.3 Å². The van der Waals surface area contributed by atoms with Crippen LogP contribution in [0.3, 0.4) is 0 Å². The second-order valence-corrected chi connectivity index (χ2v) is 15.1. The predicted octanol–water partition coefficient (Wildman–Crippen LogP) is 14.0. The fraction of sp³-hybridized carbons (Fsp3) is 0.0189. The first-order valence-electron chi connectivity index (χ1n) is 18.7. The molecule has 0 saturated carbocycles. The van der Waals surface area contributed by atoms with Crippen LogP contribution in [-0.4, -0.2) is 0 Å². The second-order valence-electron chi connectivity index (χ2n) is 15.1. The molecule has 3 aliphatic rings. The maximum absolute atomic E-state index is 2.59. The zero-order valence-electron chi connectivity index (χ0n) is 28.8. The molecule has 10 aromatic carbocycles. The summed E-state index contributed by atoms with van der Waals surface area (Å²) >= 11 is 0. The van der Waals surface area contributed by atoms with Crippen molar-refractivity contribution in [2.24, 2.45) is 0 Å². The van der Waals surface area contributed by atoms with Gasteiger partial charge in [-0.05, 0) is 145 Å². The van der Waals surface area contributed by atoms with Gasteiger partial charge in [0.25, 0.3) is 0 Å². The normalized spacial score (nSPS) is 13.8. The van der Waals surface area contributed by atoms with E-state index in [1.807, 2.05) is 0 Å². The SMILES string of the molecule is c1ccc2c(c1)-c1ccccc1C21c2ccccc2-c2c1cc1c3c(cccc23)-c2cc3cccc(-c4cc5ccccc5c5ccccc45)c3cc2-1. The minimum absolute atomic E-state index is 0.380. The van der Waals surface area contributed by atoms with E-state index in [0.29, 0.717) is 0 Å². The Balaban J connectivity index is 1.14. The van der Waals surface area contributed by atoms with Crippen LogP contribution >= 0.6 is 0 Å². The molecule has 242 valence electrons. The Morgan fingerprint density at radius 1 is 0.245 bits per heavy atom. The molecule has 0 heterocycles. The van der Waals surface area contributed by atoms with E-state index in [4.69, 9.17) is 0 Å². The first-order chi connectivity index (χ1) is 26.3. The van der Waals surface area contributed by atoms with Gasteiger partial charge in [0, 0.05) is 0 Å². The van der Waals surface area contributed by atoms with Gasteiger partial charge < -0.3 is 0 Å². The summed E-state index contributed by atoms with van der Waals surface area (Å²) in [4.78, 5) is 0. The number of fused-ring (bicyclic) bond motifs is 18. The Morgan fingerprint density at radius 2 is 0.755 bits per heavy atom. The number of hydrogen-bond donors (Lipinski definition) is 0. The number of hydrogen-bond acceptors (Lipinski definition) is 0. The molecule has 0 unspecified atom stereocenters. The minimum Gasteiger partial charge on any atom is -0.0619 e. The third kappa shape index (κ3) is 3.29. The Bertz CT molecular complexity index is 3240. The molecule has 0 nitrogen and oxygen atoms in total. The van der Waals surface area contributed by atoms with Crippen molar-refractivity contribution < 1.29 is 0 Å². The molecule has 0 aliphatic heterocycles. The number of benzene rings is 10. The highest BCUT2D eigenvalue weighted by Crippen LogP contribution is 2.65. The molecule has 0 atom stereocenters. The van der Waals surface area contributed by atoms with Crippen LogP contribution in [0, 0.1) is 0 Å². The fourth-order valence-corrected chi connectivity index (χ4v) is 10.8. The lowest BCUT2D eigenvalue weighted by molar-refractivity contribution is 0.795. The van der Waals surface area contributed by atoms with Crippen molar-refractivity contribution in [1.82, 2.24) is 0 Å². The molecule has 0 fully saturated rings. The first kappa shape index (κ1) is 27.9. The maximum atomic E-state index is 2.59. The van der Waals surface area contributed by atoms with E-state index >= 15 is 0 Å². The largest absolute Gasteiger partial charge is 0.0725 e. The van der Waals surface area contributed by atoms with E-state index in [1.165, 1.54) is 121 Å². The summed E-state index contributed by atoms with van der Waals surface area (Å²) in [6, 6.07) is 68.9. The van der Waals surface area contributed by atoms with Gasteiger partial charge in [-0.15, -0.1) is 0 Å². The summed E-state index contributed by atoms with van der Waals surface area (Å²) in [5, 5.41) is 10.5. The van der Waals surface area contributed by atoms with Gasteiger partial charge in [-0.2, -0.15) is 0 Å². The van der Waals surface area contributed by atoms with Crippen LogP contribution in [0.5, 0.6) is 0 Å². The molecule has 0 aromatic heterocycles.